The molecule has 0 saturated carbocycles. The van der Waals surface area contributed by atoms with Crippen molar-refractivity contribution in [2.75, 3.05) is 32.1 Å². The quantitative estimate of drug-likeness (QED) is 0.868. The predicted octanol–water partition coefficient (Wildman–Crippen LogP) is 2.90. The molecule has 1 saturated heterocycles. The second kappa shape index (κ2) is 7.55. The molecule has 0 unspecified atom stereocenters. The lowest BCUT2D eigenvalue weighted by Crippen LogP contribution is -2.46. The molecule has 5 heteroatoms. The van der Waals surface area contributed by atoms with Crippen LogP contribution in [0.1, 0.15) is 25.5 Å². The summed E-state index contributed by atoms with van der Waals surface area (Å²) >= 11 is 1.82. The van der Waals surface area contributed by atoms with Crippen LogP contribution >= 0.6 is 11.8 Å². The maximum atomic E-state index is 12.1. The highest BCUT2D eigenvalue weighted by atomic mass is 32.2. The minimum absolute atomic E-state index is 0.00666. The Morgan fingerprint density at radius 2 is 2.00 bits per heavy atom. The number of rotatable bonds is 4. The Morgan fingerprint density at radius 1 is 1.35 bits per heavy atom. The van der Waals surface area contributed by atoms with E-state index in [1.807, 2.05) is 18.7 Å². The number of benzene rings is 1. The summed E-state index contributed by atoms with van der Waals surface area (Å²) in [5, 5.41) is 3.04. The van der Waals surface area contributed by atoms with Crippen LogP contribution in [-0.2, 0) is 4.74 Å². The van der Waals surface area contributed by atoms with Crippen molar-refractivity contribution in [1.29, 1.82) is 0 Å². The molecule has 1 fully saturated rings. The molecule has 0 spiro atoms. The Labute approximate surface area is 124 Å². The third-order valence-corrected chi connectivity index (χ3v) is 4.22. The van der Waals surface area contributed by atoms with Crippen LogP contribution in [0, 0.1) is 0 Å². The molecule has 2 rings (SSSR count). The van der Waals surface area contributed by atoms with Gasteiger partial charge >= 0.3 is 6.03 Å². The van der Waals surface area contributed by atoms with Gasteiger partial charge in [0.15, 0.2) is 0 Å². The number of nitrogens with one attached hydrogen (secondary N) is 1. The molecule has 1 N–H and O–H groups in total. The summed E-state index contributed by atoms with van der Waals surface area (Å²) in [6.45, 7) is 6.76. The molecule has 1 aliphatic rings. The van der Waals surface area contributed by atoms with E-state index in [9.17, 15) is 4.79 Å². The van der Waals surface area contributed by atoms with Gasteiger partial charge in [-0.2, -0.15) is 0 Å². The molecule has 2 amide bonds. The largest absolute Gasteiger partial charge is 0.378 e. The van der Waals surface area contributed by atoms with Crippen LogP contribution in [0.2, 0.25) is 0 Å². The lowest BCUT2D eigenvalue weighted by molar-refractivity contribution is 0.0526. The Balaban J connectivity index is 1.89. The zero-order chi connectivity index (χ0) is 14.4. The van der Waals surface area contributed by atoms with Crippen LogP contribution in [-0.4, -0.2) is 43.0 Å². The fourth-order valence-corrected chi connectivity index (χ4v) is 2.81. The smallest absolute Gasteiger partial charge is 0.318 e. The van der Waals surface area contributed by atoms with E-state index < -0.39 is 0 Å². The summed E-state index contributed by atoms with van der Waals surface area (Å²) in [6.07, 6.45) is 0. The zero-order valence-corrected chi connectivity index (χ0v) is 12.9. The van der Waals surface area contributed by atoms with Crippen molar-refractivity contribution in [2.45, 2.75) is 24.8 Å². The number of morpholine rings is 1. The maximum Gasteiger partial charge on any atom is 0.318 e. The highest BCUT2D eigenvalue weighted by Gasteiger charge is 2.18. The van der Waals surface area contributed by atoms with Crippen molar-refractivity contribution in [3.63, 3.8) is 0 Å². The Morgan fingerprint density at radius 3 is 2.60 bits per heavy atom. The summed E-state index contributed by atoms with van der Waals surface area (Å²) in [7, 11) is 0. The van der Waals surface area contributed by atoms with Crippen LogP contribution in [0.3, 0.4) is 0 Å². The first-order chi connectivity index (χ1) is 9.70. The lowest BCUT2D eigenvalue weighted by Gasteiger charge is -2.28. The lowest BCUT2D eigenvalue weighted by atomic mass is 10.1. The van der Waals surface area contributed by atoms with Gasteiger partial charge in [-0.15, -0.1) is 11.8 Å². The number of thioether (sulfide) groups is 1. The molecule has 4 nitrogen and oxygen atoms in total. The van der Waals surface area contributed by atoms with E-state index in [2.05, 4.69) is 36.5 Å². The number of hydrogen-bond donors (Lipinski definition) is 1. The minimum Gasteiger partial charge on any atom is -0.378 e. The summed E-state index contributed by atoms with van der Waals surface area (Å²) in [4.78, 5) is 15.2. The van der Waals surface area contributed by atoms with Gasteiger partial charge < -0.3 is 15.0 Å². The van der Waals surface area contributed by atoms with Gasteiger partial charge in [0.1, 0.15) is 0 Å². The Hall–Kier alpha value is -1.20. The van der Waals surface area contributed by atoms with E-state index in [1.165, 1.54) is 4.90 Å². The highest BCUT2D eigenvalue weighted by molar-refractivity contribution is 7.99. The van der Waals surface area contributed by atoms with Crippen molar-refractivity contribution in [3.05, 3.63) is 29.8 Å². The molecule has 0 aromatic heterocycles. The van der Waals surface area contributed by atoms with Crippen LogP contribution in [0.5, 0.6) is 0 Å². The zero-order valence-electron chi connectivity index (χ0n) is 12.1. The van der Waals surface area contributed by atoms with Crippen LogP contribution < -0.4 is 5.32 Å². The molecular weight excluding hydrogens is 272 g/mol. The average molecular weight is 294 g/mol. The Bertz CT molecular complexity index is 430. The molecule has 1 aromatic carbocycles. The first-order valence-electron chi connectivity index (χ1n) is 7.06. The number of nitrogens with zero attached hydrogens (tertiary/aromatic N) is 1. The monoisotopic (exact) mass is 294 g/mol. The first-order valence-corrected chi connectivity index (χ1v) is 8.05. The number of carbonyl (C=O) groups excluding carboxylic acids is 1. The summed E-state index contributed by atoms with van der Waals surface area (Å²) in [5.41, 5.74) is 1.13. The van der Waals surface area contributed by atoms with Crippen molar-refractivity contribution in [1.82, 2.24) is 10.2 Å². The van der Waals surface area contributed by atoms with E-state index in [0.717, 1.165) is 11.3 Å². The van der Waals surface area contributed by atoms with Crippen LogP contribution in [0.25, 0.3) is 0 Å². The topological polar surface area (TPSA) is 41.6 Å². The summed E-state index contributed by atoms with van der Waals surface area (Å²) in [6, 6.07) is 8.41. The number of ether oxygens (including phenoxy) is 1. The third-order valence-electron chi connectivity index (χ3n) is 3.33. The van der Waals surface area contributed by atoms with Gasteiger partial charge in [0.2, 0.25) is 0 Å². The minimum atomic E-state index is -0.00666. The average Bonchev–Trinajstić information content (AvgIpc) is 2.49. The van der Waals surface area contributed by atoms with Crippen LogP contribution in [0.15, 0.2) is 29.2 Å². The van der Waals surface area contributed by atoms with Gasteiger partial charge in [-0.1, -0.05) is 19.1 Å². The molecule has 0 bridgehead atoms. The second-order valence-corrected chi connectivity index (χ2v) is 6.11. The normalized spacial score (nSPS) is 16.8. The first kappa shape index (κ1) is 15.2. The van der Waals surface area contributed by atoms with Gasteiger partial charge in [-0.3, -0.25) is 0 Å². The predicted molar refractivity (Wildman–Crippen MR) is 82.2 cm³/mol. The van der Waals surface area contributed by atoms with Crippen molar-refractivity contribution >= 4 is 17.8 Å². The van der Waals surface area contributed by atoms with Gasteiger partial charge in [-0.05, 0) is 30.4 Å². The number of urea groups is 1. The maximum absolute atomic E-state index is 12.1. The summed E-state index contributed by atoms with van der Waals surface area (Å²) < 4.78 is 5.25. The van der Waals surface area contributed by atoms with Crippen molar-refractivity contribution < 1.29 is 9.53 Å². The number of hydrogen-bond acceptors (Lipinski definition) is 3. The van der Waals surface area contributed by atoms with Crippen LogP contribution in [0.4, 0.5) is 4.79 Å². The van der Waals surface area contributed by atoms with Gasteiger partial charge in [0.25, 0.3) is 0 Å². The molecule has 1 atom stereocenters. The molecule has 1 aliphatic heterocycles. The summed E-state index contributed by atoms with van der Waals surface area (Å²) in [5.74, 6) is 1.07. The van der Waals surface area contributed by atoms with Crippen molar-refractivity contribution in [3.8, 4) is 0 Å². The molecule has 20 heavy (non-hydrogen) atoms. The second-order valence-electron chi connectivity index (χ2n) is 4.77. The molecule has 1 heterocycles. The standard InChI is InChI=1S/C15H22N2O2S/c1-3-20-14-6-4-13(5-7-14)12(2)16-15(18)17-8-10-19-11-9-17/h4-7,12H,3,8-11H2,1-2H3,(H,16,18)/t12-/m1/s1. The fourth-order valence-electron chi connectivity index (χ4n) is 2.15. The van der Waals surface area contributed by atoms with E-state index in [1.54, 1.807) is 4.90 Å². The van der Waals surface area contributed by atoms with Gasteiger partial charge in [-0.25, -0.2) is 4.79 Å². The van der Waals surface area contributed by atoms with Gasteiger partial charge in [0.05, 0.1) is 19.3 Å². The van der Waals surface area contributed by atoms with E-state index in [0.29, 0.717) is 26.3 Å². The molecule has 0 radical (unpaired) electrons. The van der Waals surface area contributed by atoms with E-state index in [-0.39, 0.29) is 12.1 Å². The number of amides is 2. The Kier molecular flexibility index (Phi) is 5.73. The van der Waals surface area contributed by atoms with E-state index >= 15 is 0 Å². The van der Waals surface area contributed by atoms with E-state index in [4.69, 9.17) is 4.74 Å². The number of carbonyl (C=O) groups is 1. The molecule has 110 valence electrons. The molecule has 0 aliphatic carbocycles. The van der Waals surface area contributed by atoms with Gasteiger partial charge in [0, 0.05) is 18.0 Å². The van der Waals surface area contributed by atoms with Crippen molar-refractivity contribution in [2.24, 2.45) is 0 Å². The SMILES string of the molecule is CCSc1ccc([C@@H](C)NC(=O)N2CCOCC2)cc1. The fraction of sp³-hybridized carbons (Fsp3) is 0.533. The molecule has 1 aromatic rings. The molecular formula is C15H22N2O2S. The third kappa shape index (κ3) is 4.15. The highest BCUT2D eigenvalue weighted by Crippen LogP contribution is 2.20.